The number of anilines is 1. The number of nitrogens with zero attached hydrogens (tertiary/aromatic N) is 3. The van der Waals surface area contributed by atoms with Gasteiger partial charge in [-0.2, -0.15) is 9.97 Å². The molecule has 0 saturated heterocycles. The van der Waals surface area contributed by atoms with Gasteiger partial charge in [-0.05, 0) is 19.1 Å². The van der Waals surface area contributed by atoms with E-state index in [0.29, 0.717) is 15.2 Å². The molecule has 0 spiro atoms. The molecule has 4 rings (SSSR count). The Balaban J connectivity index is 1.56. The van der Waals surface area contributed by atoms with Gasteiger partial charge in [-0.25, -0.2) is 4.98 Å². The summed E-state index contributed by atoms with van der Waals surface area (Å²) in [6.07, 6.45) is 0. The van der Waals surface area contributed by atoms with Gasteiger partial charge in [-0.1, -0.05) is 59.6 Å². The summed E-state index contributed by atoms with van der Waals surface area (Å²) in [4.78, 5) is 25.6. The van der Waals surface area contributed by atoms with E-state index >= 15 is 0 Å². The second-order valence-corrected chi connectivity index (χ2v) is 8.55. The second-order valence-electron chi connectivity index (χ2n) is 6.88. The summed E-state index contributed by atoms with van der Waals surface area (Å²) in [5.74, 6) is -0.295. The molecule has 0 fully saturated rings. The van der Waals surface area contributed by atoms with Crippen LogP contribution in [0.5, 0.6) is 11.9 Å². The lowest BCUT2D eigenvalue weighted by atomic mass is 10.2. The molecule has 0 atom stereocenters. The highest BCUT2D eigenvalue weighted by Gasteiger charge is 2.16. The fourth-order valence-electron chi connectivity index (χ4n) is 2.76. The van der Waals surface area contributed by atoms with Crippen molar-refractivity contribution >= 4 is 45.6 Å². The number of ether oxygens (including phenoxy) is 2. The molecule has 4 aromatic rings. The standard InChI is InChI=1S/C23H18Cl2N4O3S/c1-14-13-33-23(26-14)29-21(30)19-10-20(31-11-15-6-2-4-8-17(15)24)28-22(27-19)32-12-16-7-3-5-9-18(16)25/h2-10,13H,11-12H2,1H3,(H,26,29,30). The third-order valence-corrected chi connectivity index (χ3v) is 6.02. The van der Waals surface area contributed by atoms with Crippen LogP contribution in [0, 0.1) is 6.92 Å². The number of hydrogen-bond acceptors (Lipinski definition) is 7. The number of amides is 1. The zero-order chi connectivity index (χ0) is 23.2. The molecule has 33 heavy (non-hydrogen) atoms. The molecule has 0 aliphatic heterocycles. The van der Waals surface area contributed by atoms with Crippen molar-refractivity contribution in [3.05, 3.63) is 92.5 Å². The molecule has 0 aliphatic rings. The smallest absolute Gasteiger partial charge is 0.320 e. The van der Waals surface area contributed by atoms with Crippen molar-refractivity contribution in [3.8, 4) is 11.9 Å². The normalized spacial score (nSPS) is 10.6. The summed E-state index contributed by atoms with van der Waals surface area (Å²) in [6, 6.07) is 16.0. The molecule has 0 radical (unpaired) electrons. The number of aromatic nitrogens is 3. The van der Waals surface area contributed by atoms with Crippen LogP contribution >= 0.6 is 34.5 Å². The number of carbonyl (C=O) groups is 1. The number of benzene rings is 2. The number of rotatable bonds is 8. The number of halogens is 2. The van der Waals surface area contributed by atoms with E-state index in [2.05, 4.69) is 20.3 Å². The molecule has 2 aromatic heterocycles. The molecule has 7 nitrogen and oxygen atoms in total. The summed E-state index contributed by atoms with van der Waals surface area (Å²) >= 11 is 13.7. The predicted molar refractivity (Wildman–Crippen MR) is 128 cm³/mol. The van der Waals surface area contributed by atoms with Crippen LogP contribution in [0.4, 0.5) is 5.13 Å². The lowest BCUT2D eigenvalue weighted by molar-refractivity contribution is 0.101. The first-order chi connectivity index (χ1) is 16.0. The van der Waals surface area contributed by atoms with Crippen LogP contribution in [0.25, 0.3) is 0 Å². The molecule has 0 unspecified atom stereocenters. The van der Waals surface area contributed by atoms with Crippen molar-refractivity contribution in [2.75, 3.05) is 5.32 Å². The lowest BCUT2D eigenvalue weighted by Crippen LogP contribution is -2.15. The molecular formula is C23H18Cl2N4O3S. The topological polar surface area (TPSA) is 86.2 Å². The van der Waals surface area contributed by atoms with E-state index in [-0.39, 0.29) is 30.8 Å². The average Bonchev–Trinajstić information content (AvgIpc) is 3.22. The van der Waals surface area contributed by atoms with E-state index in [9.17, 15) is 4.79 Å². The van der Waals surface area contributed by atoms with E-state index in [1.54, 1.807) is 12.1 Å². The van der Waals surface area contributed by atoms with Gasteiger partial charge in [0.2, 0.25) is 5.88 Å². The summed E-state index contributed by atoms with van der Waals surface area (Å²) in [7, 11) is 0. The van der Waals surface area contributed by atoms with E-state index in [1.807, 2.05) is 48.7 Å². The minimum absolute atomic E-state index is 0.0213. The molecule has 1 N–H and O–H groups in total. The predicted octanol–water partition coefficient (Wildman–Crippen LogP) is 5.96. The average molecular weight is 501 g/mol. The number of hydrogen-bond donors (Lipinski definition) is 1. The highest BCUT2D eigenvalue weighted by atomic mass is 35.5. The zero-order valence-corrected chi connectivity index (χ0v) is 19.7. The van der Waals surface area contributed by atoms with Crippen molar-refractivity contribution in [1.82, 2.24) is 15.0 Å². The molecule has 0 saturated carbocycles. The molecule has 10 heteroatoms. The lowest BCUT2D eigenvalue weighted by Gasteiger charge is -2.11. The van der Waals surface area contributed by atoms with Crippen molar-refractivity contribution in [2.24, 2.45) is 0 Å². The summed E-state index contributed by atoms with van der Waals surface area (Å²) < 4.78 is 11.5. The summed E-state index contributed by atoms with van der Waals surface area (Å²) in [5.41, 5.74) is 2.42. The largest absolute Gasteiger partial charge is 0.473 e. The van der Waals surface area contributed by atoms with Gasteiger partial charge in [0.05, 0.1) is 5.69 Å². The van der Waals surface area contributed by atoms with Gasteiger partial charge >= 0.3 is 6.01 Å². The highest BCUT2D eigenvalue weighted by Crippen LogP contribution is 2.22. The van der Waals surface area contributed by atoms with E-state index in [1.165, 1.54) is 17.4 Å². The summed E-state index contributed by atoms with van der Waals surface area (Å²) in [5, 5.41) is 6.15. The fraction of sp³-hybridized carbons (Fsp3) is 0.130. The first-order valence-electron chi connectivity index (χ1n) is 9.83. The van der Waals surface area contributed by atoms with Crippen LogP contribution in [0.2, 0.25) is 10.0 Å². The van der Waals surface area contributed by atoms with Gasteiger partial charge in [-0.3, -0.25) is 10.1 Å². The maximum Gasteiger partial charge on any atom is 0.320 e. The van der Waals surface area contributed by atoms with E-state index in [4.69, 9.17) is 32.7 Å². The Morgan fingerprint density at radius 2 is 1.58 bits per heavy atom. The summed E-state index contributed by atoms with van der Waals surface area (Å²) in [6.45, 7) is 2.13. The number of nitrogens with one attached hydrogen (secondary N) is 1. The van der Waals surface area contributed by atoms with Crippen molar-refractivity contribution in [3.63, 3.8) is 0 Å². The third kappa shape index (κ3) is 6.19. The zero-order valence-electron chi connectivity index (χ0n) is 17.4. The van der Waals surface area contributed by atoms with Gasteiger partial charge in [-0.15, -0.1) is 11.3 Å². The minimum atomic E-state index is -0.461. The third-order valence-electron chi connectivity index (χ3n) is 4.40. The van der Waals surface area contributed by atoms with Gasteiger partial charge in [0, 0.05) is 32.6 Å². The minimum Gasteiger partial charge on any atom is -0.473 e. The first kappa shape index (κ1) is 23.0. The Kier molecular flexibility index (Phi) is 7.39. The Morgan fingerprint density at radius 3 is 2.18 bits per heavy atom. The van der Waals surface area contributed by atoms with Gasteiger partial charge in [0.25, 0.3) is 5.91 Å². The van der Waals surface area contributed by atoms with Crippen molar-refractivity contribution in [1.29, 1.82) is 0 Å². The molecule has 0 bridgehead atoms. The maximum atomic E-state index is 12.8. The van der Waals surface area contributed by atoms with Crippen molar-refractivity contribution < 1.29 is 14.3 Å². The Morgan fingerprint density at radius 1 is 0.939 bits per heavy atom. The molecule has 2 aromatic carbocycles. The Labute approximate surface area is 204 Å². The van der Waals surface area contributed by atoms with Gasteiger partial charge in [0.15, 0.2) is 5.13 Å². The first-order valence-corrected chi connectivity index (χ1v) is 11.5. The number of aryl methyl sites for hydroxylation is 1. The van der Waals surface area contributed by atoms with Crippen LogP contribution < -0.4 is 14.8 Å². The van der Waals surface area contributed by atoms with Crippen molar-refractivity contribution in [2.45, 2.75) is 20.1 Å². The van der Waals surface area contributed by atoms with Gasteiger partial charge < -0.3 is 9.47 Å². The fourth-order valence-corrected chi connectivity index (χ4v) is 3.82. The molecule has 168 valence electrons. The van der Waals surface area contributed by atoms with Crippen LogP contribution in [-0.2, 0) is 13.2 Å². The molecule has 0 aliphatic carbocycles. The second kappa shape index (κ2) is 10.6. The highest BCUT2D eigenvalue weighted by molar-refractivity contribution is 7.13. The number of carbonyl (C=O) groups excluding carboxylic acids is 1. The maximum absolute atomic E-state index is 12.8. The quantitative estimate of drug-likeness (QED) is 0.321. The molecule has 2 heterocycles. The Hall–Kier alpha value is -3.20. The van der Waals surface area contributed by atoms with Crippen LogP contribution in [-0.4, -0.2) is 20.9 Å². The van der Waals surface area contributed by atoms with E-state index < -0.39 is 5.91 Å². The van der Waals surface area contributed by atoms with Crippen LogP contribution in [0.1, 0.15) is 27.3 Å². The Bertz CT molecular complexity index is 1210. The van der Waals surface area contributed by atoms with E-state index in [0.717, 1.165) is 16.8 Å². The number of thiazole rings is 1. The molecule has 1 amide bonds. The SMILES string of the molecule is Cc1csc(NC(=O)c2cc(OCc3ccccc3Cl)nc(OCc3ccccc3Cl)n2)n1. The monoisotopic (exact) mass is 500 g/mol. The van der Waals surface area contributed by atoms with Gasteiger partial charge in [0.1, 0.15) is 18.9 Å². The van der Waals surface area contributed by atoms with Crippen LogP contribution in [0.15, 0.2) is 60.0 Å². The molecular weight excluding hydrogens is 483 g/mol. The van der Waals surface area contributed by atoms with Crippen LogP contribution in [0.3, 0.4) is 0 Å².